The van der Waals surface area contributed by atoms with Gasteiger partial charge in [-0.25, -0.2) is 8.78 Å². The highest BCUT2D eigenvalue weighted by Gasteiger charge is 2.38. The molecule has 0 nitrogen and oxygen atoms in total. The molecule has 3 aliphatic carbocycles. The Morgan fingerprint density at radius 1 is 1.00 bits per heavy atom. The lowest BCUT2D eigenvalue weighted by Gasteiger charge is -2.42. The third-order valence-electron chi connectivity index (χ3n) is 7.61. The van der Waals surface area contributed by atoms with Crippen molar-refractivity contribution in [3.05, 3.63) is 34.4 Å². The Morgan fingerprint density at radius 3 is 2.56 bits per heavy atom. The summed E-state index contributed by atoms with van der Waals surface area (Å²) in [7, 11) is 0. The van der Waals surface area contributed by atoms with Gasteiger partial charge in [-0.1, -0.05) is 26.7 Å². The zero-order valence-electron chi connectivity index (χ0n) is 15.8. The van der Waals surface area contributed by atoms with Crippen LogP contribution in [0.4, 0.5) is 8.78 Å². The highest BCUT2D eigenvalue weighted by Crippen LogP contribution is 2.49. The van der Waals surface area contributed by atoms with Crippen LogP contribution in [0.2, 0.25) is 0 Å². The smallest absolute Gasteiger partial charge is 0.133 e. The van der Waals surface area contributed by atoms with E-state index in [1.54, 1.807) is 6.07 Å². The van der Waals surface area contributed by atoms with E-state index >= 15 is 4.39 Å². The lowest BCUT2D eigenvalue weighted by atomic mass is 9.63. The van der Waals surface area contributed by atoms with E-state index < -0.39 is 0 Å². The zero-order valence-corrected chi connectivity index (χ0v) is 15.8. The SMILES string of the molecule is CCC1CCC2CC(c3c(F)cc4c(c3F)CCC(C)C4)CCC2C1. The lowest BCUT2D eigenvalue weighted by Crippen LogP contribution is -2.31. The molecule has 0 bridgehead atoms. The van der Waals surface area contributed by atoms with Crippen LogP contribution >= 0.6 is 0 Å². The van der Waals surface area contributed by atoms with Crippen molar-refractivity contribution in [3.8, 4) is 0 Å². The number of hydrogen-bond donors (Lipinski definition) is 0. The van der Waals surface area contributed by atoms with E-state index in [-0.39, 0.29) is 17.6 Å². The van der Waals surface area contributed by atoms with Gasteiger partial charge in [-0.3, -0.25) is 0 Å². The molecule has 0 aromatic heterocycles. The summed E-state index contributed by atoms with van der Waals surface area (Å²) in [6.07, 6.45) is 11.0. The maximum atomic E-state index is 15.2. The van der Waals surface area contributed by atoms with E-state index in [2.05, 4.69) is 13.8 Å². The fraction of sp³-hybridized carbons (Fsp3) is 0.739. The first-order valence-corrected chi connectivity index (χ1v) is 10.6. The van der Waals surface area contributed by atoms with Crippen LogP contribution in [0.3, 0.4) is 0 Å². The number of fused-ring (bicyclic) bond motifs is 2. The van der Waals surface area contributed by atoms with Gasteiger partial charge in [-0.05, 0) is 98.1 Å². The molecule has 2 saturated carbocycles. The predicted molar refractivity (Wildman–Crippen MR) is 98.8 cm³/mol. The van der Waals surface area contributed by atoms with Gasteiger partial charge in [0.2, 0.25) is 0 Å². The second kappa shape index (κ2) is 7.00. The number of rotatable bonds is 2. The van der Waals surface area contributed by atoms with Crippen LogP contribution in [-0.2, 0) is 12.8 Å². The highest BCUT2D eigenvalue weighted by atomic mass is 19.1. The normalized spacial score (nSPS) is 35.1. The molecule has 0 N–H and O–H groups in total. The van der Waals surface area contributed by atoms with E-state index in [9.17, 15) is 4.39 Å². The molecule has 1 aromatic carbocycles. The summed E-state index contributed by atoms with van der Waals surface area (Å²) >= 11 is 0. The summed E-state index contributed by atoms with van der Waals surface area (Å²) in [5.74, 6) is 2.57. The third kappa shape index (κ3) is 3.26. The van der Waals surface area contributed by atoms with E-state index in [1.807, 2.05) is 0 Å². The molecule has 5 unspecified atom stereocenters. The molecule has 3 aliphatic rings. The second-order valence-electron chi connectivity index (χ2n) is 9.19. The van der Waals surface area contributed by atoms with E-state index in [0.29, 0.717) is 17.4 Å². The minimum Gasteiger partial charge on any atom is -0.207 e. The van der Waals surface area contributed by atoms with Crippen molar-refractivity contribution in [2.45, 2.75) is 84.0 Å². The van der Waals surface area contributed by atoms with Crippen molar-refractivity contribution in [1.82, 2.24) is 0 Å². The van der Waals surface area contributed by atoms with Crippen molar-refractivity contribution in [3.63, 3.8) is 0 Å². The Kier molecular flexibility index (Phi) is 4.90. The summed E-state index contributed by atoms with van der Waals surface area (Å²) in [6.45, 7) is 4.48. The Bertz CT molecular complexity index is 635. The monoisotopic (exact) mass is 346 g/mol. The minimum atomic E-state index is -0.268. The number of hydrogen-bond acceptors (Lipinski definition) is 0. The van der Waals surface area contributed by atoms with Crippen LogP contribution in [0.25, 0.3) is 0 Å². The van der Waals surface area contributed by atoms with Gasteiger partial charge in [0, 0.05) is 5.56 Å². The first-order valence-electron chi connectivity index (χ1n) is 10.6. The molecule has 2 heteroatoms. The first kappa shape index (κ1) is 17.5. The quantitative estimate of drug-likeness (QED) is 0.552. The van der Waals surface area contributed by atoms with Gasteiger partial charge in [-0.15, -0.1) is 0 Å². The average molecular weight is 347 g/mol. The average Bonchev–Trinajstić information content (AvgIpc) is 2.60. The standard InChI is InChI=1S/C23H32F2/c1-3-15-5-6-17-12-18(8-7-16(17)11-15)22-21(24)13-19-10-14(2)4-9-20(19)23(22)25/h13-18H,3-12H2,1-2H3. The molecule has 0 heterocycles. The first-order chi connectivity index (χ1) is 12.1. The molecule has 0 amide bonds. The van der Waals surface area contributed by atoms with Crippen molar-refractivity contribution in [2.75, 3.05) is 0 Å². The number of halogens is 2. The molecular weight excluding hydrogens is 314 g/mol. The molecule has 0 saturated heterocycles. The molecular formula is C23H32F2. The van der Waals surface area contributed by atoms with Crippen LogP contribution in [0.5, 0.6) is 0 Å². The molecule has 5 atom stereocenters. The van der Waals surface area contributed by atoms with Crippen LogP contribution in [0.15, 0.2) is 6.07 Å². The maximum absolute atomic E-state index is 15.2. The zero-order chi connectivity index (χ0) is 17.6. The van der Waals surface area contributed by atoms with Crippen LogP contribution in [-0.4, -0.2) is 0 Å². The van der Waals surface area contributed by atoms with Crippen molar-refractivity contribution < 1.29 is 8.78 Å². The molecule has 25 heavy (non-hydrogen) atoms. The maximum Gasteiger partial charge on any atom is 0.133 e. The molecule has 0 aliphatic heterocycles. The fourth-order valence-electron chi connectivity index (χ4n) is 6.04. The fourth-order valence-corrected chi connectivity index (χ4v) is 6.04. The third-order valence-corrected chi connectivity index (χ3v) is 7.61. The summed E-state index contributed by atoms with van der Waals surface area (Å²) in [5.41, 5.74) is 2.19. The van der Waals surface area contributed by atoms with Gasteiger partial charge in [0.15, 0.2) is 0 Å². The Labute approximate surface area is 151 Å². The highest BCUT2D eigenvalue weighted by molar-refractivity contribution is 5.39. The Morgan fingerprint density at radius 2 is 1.76 bits per heavy atom. The van der Waals surface area contributed by atoms with Crippen LogP contribution in [0, 0.1) is 35.3 Å². The molecule has 2 fully saturated rings. The largest absolute Gasteiger partial charge is 0.207 e. The molecule has 138 valence electrons. The topological polar surface area (TPSA) is 0 Å². The Hall–Kier alpha value is -0.920. The van der Waals surface area contributed by atoms with Crippen LogP contribution < -0.4 is 0 Å². The van der Waals surface area contributed by atoms with E-state index in [1.165, 1.54) is 32.1 Å². The van der Waals surface area contributed by atoms with Gasteiger partial charge in [0.05, 0.1) is 0 Å². The molecule has 1 aromatic rings. The molecule has 0 spiro atoms. The van der Waals surface area contributed by atoms with Gasteiger partial charge >= 0.3 is 0 Å². The van der Waals surface area contributed by atoms with Crippen molar-refractivity contribution >= 4 is 0 Å². The van der Waals surface area contributed by atoms with Crippen LogP contribution in [0.1, 0.15) is 87.8 Å². The summed E-state index contributed by atoms with van der Waals surface area (Å²) in [4.78, 5) is 0. The molecule has 4 rings (SSSR count). The van der Waals surface area contributed by atoms with Crippen molar-refractivity contribution in [1.29, 1.82) is 0 Å². The Balaban J connectivity index is 1.57. The van der Waals surface area contributed by atoms with E-state index in [0.717, 1.165) is 55.1 Å². The lowest BCUT2D eigenvalue weighted by molar-refractivity contribution is 0.114. The van der Waals surface area contributed by atoms with Crippen molar-refractivity contribution in [2.24, 2.45) is 23.7 Å². The molecule has 0 radical (unpaired) electrons. The number of benzene rings is 1. The van der Waals surface area contributed by atoms with Gasteiger partial charge in [0.25, 0.3) is 0 Å². The van der Waals surface area contributed by atoms with Gasteiger partial charge in [0.1, 0.15) is 11.6 Å². The second-order valence-corrected chi connectivity index (χ2v) is 9.19. The predicted octanol–water partition coefficient (Wildman–Crippen LogP) is 6.80. The van der Waals surface area contributed by atoms with Gasteiger partial charge in [-0.2, -0.15) is 0 Å². The van der Waals surface area contributed by atoms with Gasteiger partial charge < -0.3 is 0 Å². The van der Waals surface area contributed by atoms with E-state index in [4.69, 9.17) is 0 Å². The summed E-state index contributed by atoms with van der Waals surface area (Å²) < 4.78 is 30.1. The minimum absolute atomic E-state index is 0.101. The summed E-state index contributed by atoms with van der Waals surface area (Å²) in [5, 5.41) is 0. The summed E-state index contributed by atoms with van der Waals surface area (Å²) in [6, 6.07) is 1.67.